The van der Waals surface area contributed by atoms with Crippen molar-refractivity contribution in [3.05, 3.63) is 70.3 Å². The molecule has 0 radical (unpaired) electrons. The molecule has 2 aromatic carbocycles. The third-order valence-corrected chi connectivity index (χ3v) is 5.60. The van der Waals surface area contributed by atoms with Gasteiger partial charge in [0, 0.05) is 32.2 Å². The zero-order valence-corrected chi connectivity index (χ0v) is 15.4. The van der Waals surface area contributed by atoms with Gasteiger partial charge in [0.05, 0.1) is 0 Å². The summed E-state index contributed by atoms with van der Waals surface area (Å²) >= 11 is 0. The van der Waals surface area contributed by atoms with E-state index in [9.17, 15) is 4.79 Å². The minimum Gasteiger partial charge on any atom is -0.336 e. The SMILES string of the molecule is Cc1cccc2c1C(NCc1ccc(CN3CCNC3=O)cc1)CCC2. The summed E-state index contributed by atoms with van der Waals surface area (Å²) in [6, 6.07) is 15.8. The number of fused-ring (bicyclic) bond motifs is 1. The van der Waals surface area contributed by atoms with Gasteiger partial charge in [-0.3, -0.25) is 0 Å². The Morgan fingerprint density at radius 1 is 1.15 bits per heavy atom. The highest BCUT2D eigenvalue weighted by Gasteiger charge is 2.21. The lowest BCUT2D eigenvalue weighted by molar-refractivity contribution is 0.215. The van der Waals surface area contributed by atoms with Gasteiger partial charge in [-0.1, -0.05) is 42.5 Å². The molecule has 2 amide bonds. The van der Waals surface area contributed by atoms with E-state index in [0.29, 0.717) is 12.6 Å². The zero-order valence-electron chi connectivity index (χ0n) is 15.4. The van der Waals surface area contributed by atoms with Crippen LogP contribution in [0.4, 0.5) is 4.79 Å². The maximum absolute atomic E-state index is 11.7. The molecule has 4 heteroatoms. The zero-order chi connectivity index (χ0) is 17.9. The minimum atomic E-state index is 0.0436. The lowest BCUT2D eigenvalue weighted by atomic mass is 9.85. The molecule has 2 aromatic rings. The topological polar surface area (TPSA) is 44.4 Å². The molecule has 0 bridgehead atoms. The Kier molecular flexibility index (Phi) is 4.93. The van der Waals surface area contributed by atoms with Gasteiger partial charge in [-0.05, 0) is 54.0 Å². The van der Waals surface area contributed by atoms with E-state index in [1.165, 1.54) is 47.1 Å². The quantitative estimate of drug-likeness (QED) is 0.865. The standard InChI is InChI=1S/C22H27N3O/c1-16-4-2-5-19-6-3-7-20(21(16)19)24-14-17-8-10-18(11-9-17)15-25-13-12-23-22(25)26/h2,4-5,8-11,20,24H,3,6-7,12-15H2,1H3,(H,23,26). The Labute approximate surface area is 155 Å². The number of hydrogen-bond donors (Lipinski definition) is 2. The number of amides is 2. The molecule has 2 N–H and O–H groups in total. The summed E-state index contributed by atoms with van der Waals surface area (Å²) < 4.78 is 0. The molecule has 4 rings (SSSR count). The summed E-state index contributed by atoms with van der Waals surface area (Å²) in [7, 11) is 0. The first-order chi connectivity index (χ1) is 12.7. The summed E-state index contributed by atoms with van der Waals surface area (Å²) in [6.07, 6.45) is 3.67. The van der Waals surface area contributed by atoms with Crippen molar-refractivity contribution in [2.75, 3.05) is 13.1 Å². The second kappa shape index (κ2) is 7.50. The van der Waals surface area contributed by atoms with Crippen LogP contribution < -0.4 is 10.6 Å². The van der Waals surface area contributed by atoms with Gasteiger partial charge in [0.2, 0.25) is 0 Å². The molecular weight excluding hydrogens is 322 g/mol. The van der Waals surface area contributed by atoms with Gasteiger partial charge in [-0.15, -0.1) is 0 Å². The van der Waals surface area contributed by atoms with Crippen molar-refractivity contribution < 1.29 is 4.79 Å². The number of nitrogens with one attached hydrogen (secondary N) is 2. The van der Waals surface area contributed by atoms with Crippen molar-refractivity contribution in [2.24, 2.45) is 0 Å². The van der Waals surface area contributed by atoms with Crippen molar-refractivity contribution in [3.63, 3.8) is 0 Å². The largest absolute Gasteiger partial charge is 0.336 e. The molecule has 2 aliphatic rings. The lowest BCUT2D eigenvalue weighted by Gasteiger charge is -2.28. The summed E-state index contributed by atoms with van der Waals surface area (Å²) in [5, 5.41) is 6.61. The smallest absolute Gasteiger partial charge is 0.317 e. The normalized spacial score (nSPS) is 19.3. The Balaban J connectivity index is 1.38. The average molecular weight is 349 g/mol. The summed E-state index contributed by atoms with van der Waals surface area (Å²) in [5.74, 6) is 0. The van der Waals surface area contributed by atoms with Gasteiger partial charge in [0.25, 0.3) is 0 Å². The van der Waals surface area contributed by atoms with E-state index >= 15 is 0 Å². The fourth-order valence-corrected chi connectivity index (χ4v) is 4.19. The monoisotopic (exact) mass is 349 g/mol. The van der Waals surface area contributed by atoms with E-state index in [1.54, 1.807) is 0 Å². The molecule has 1 saturated heterocycles. The van der Waals surface area contributed by atoms with E-state index in [4.69, 9.17) is 0 Å². The lowest BCUT2D eigenvalue weighted by Crippen LogP contribution is -2.27. The fraction of sp³-hybridized carbons (Fsp3) is 0.409. The van der Waals surface area contributed by atoms with E-state index in [-0.39, 0.29) is 6.03 Å². The molecule has 4 nitrogen and oxygen atoms in total. The Morgan fingerprint density at radius 2 is 1.96 bits per heavy atom. The minimum absolute atomic E-state index is 0.0436. The number of aryl methyl sites for hydroxylation is 2. The second-order valence-electron chi connectivity index (χ2n) is 7.44. The Morgan fingerprint density at radius 3 is 2.73 bits per heavy atom. The molecule has 0 spiro atoms. The molecule has 136 valence electrons. The van der Waals surface area contributed by atoms with Crippen molar-refractivity contribution in [1.29, 1.82) is 0 Å². The molecule has 0 saturated carbocycles. The van der Waals surface area contributed by atoms with Crippen LogP contribution >= 0.6 is 0 Å². The van der Waals surface area contributed by atoms with Gasteiger partial charge >= 0.3 is 6.03 Å². The van der Waals surface area contributed by atoms with Crippen molar-refractivity contribution in [2.45, 2.75) is 45.3 Å². The van der Waals surface area contributed by atoms with Crippen LogP contribution in [0, 0.1) is 6.92 Å². The molecular formula is C22H27N3O. The Hall–Kier alpha value is -2.33. The first kappa shape index (κ1) is 17.1. The molecule has 1 aliphatic heterocycles. The van der Waals surface area contributed by atoms with Crippen LogP contribution in [0.2, 0.25) is 0 Å². The van der Waals surface area contributed by atoms with Crippen LogP contribution in [0.25, 0.3) is 0 Å². The first-order valence-corrected chi connectivity index (χ1v) is 9.63. The molecule has 1 aliphatic carbocycles. The van der Waals surface area contributed by atoms with Crippen molar-refractivity contribution in [1.82, 2.24) is 15.5 Å². The van der Waals surface area contributed by atoms with Gasteiger partial charge in [0.1, 0.15) is 0 Å². The third kappa shape index (κ3) is 3.61. The summed E-state index contributed by atoms with van der Waals surface area (Å²) in [6.45, 7) is 5.34. The summed E-state index contributed by atoms with van der Waals surface area (Å²) in [4.78, 5) is 13.5. The Bertz CT molecular complexity index is 784. The average Bonchev–Trinajstić information content (AvgIpc) is 3.06. The van der Waals surface area contributed by atoms with Crippen LogP contribution in [0.1, 0.15) is 46.7 Å². The maximum atomic E-state index is 11.7. The highest BCUT2D eigenvalue weighted by molar-refractivity contribution is 5.76. The molecule has 0 aromatic heterocycles. The molecule has 1 heterocycles. The van der Waals surface area contributed by atoms with E-state index < -0.39 is 0 Å². The second-order valence-corrected chi connectivity index (χ2v) is 7.44. The van der Waals surface area contributed by atoms with Crippen LogP contribution in [-0.2, 0) is 19.5 Å². The van der Waals surface area contributed by atoms with E-state index in [1.807, 2.05) is 4.90 Å². The van der Waals surface area contributed by atoms with Crippen molar-refractivity contribution in [3.8, 4) is 0 Å². The molecule has 1 atom stereocenters. The maximum Gasteiger partial charge on any atom is 0.317 e. The van der Waals surface area contributed by atoms with Crippen molar-refractivity contribution >= 4 is 6.03 Å². The summed E-state index contributed by atoms with van der Waals surface area (Å²) in [5.41, 5.74) is 6.90. The van der Waals surface area contributed by atoms with Gasteiger partial charge in [-0.2, -0.15) is 0 Å². The molecule has 26 heavy (non-hydrogen) atoms. The number of hydrogen-bond acceptors (Lipinski definition) is 2. The number of nitrogens with zero attached hydrogens (tertiary/aromatic N) is 1. The number of carbonyl (C=O) groups excluding carboxylic acids is 1. The number of rotatable bonds is 5. The number of carbonyl (C=O) groups is 1. The first-order valence-electron chi connectivity index (χ1n) is 9.63. The van der Waals surface area contributed by atoms with Gasteiger partial charge in [0.15, 0.2) is 0 Å². The van der Waals surface area contributed by atoms with Crippen LogP contribution in [0.15, 0.2) is 42.5 Å². The predicted molar refractivity (Wildman–Crippen MR) is 104 cm³/mol. The predicted octanol–water partition coefficient (Wildman–Crippen LogP) is 3.69. The molecule has 1 unspecified atom stereocenters. The van der Waals surface area contributed by atoms with Crippen LogP contribution in [0.3, 0.4) is 0 Å². The van der Waals surface area contributed by atoms with Crippen LogP contribution in [-0.4, -0.2) is 24.0 Å². The highest BCUT2D eigenvalue weighted by Crippen LogP contribution is 2.32. The number of benzene rings is 2. The van der Waals surface area contributed by atoms with E-state index in [0.717, 1.165) is 19.6 Å². The highest BCUT2D eigenvalue weighted by atomic mass is 16.2. The van der Waals surface area contributed by atoms with Gasteiger partial charge < -0.3 is 15.5 Å². The number of urea groups is 1. The fourth-order valence-electron chi connectivity index (χ4n) is 4.19. The van der Waals surface area contributed by atoms with Gasteiger partial charge in [-0.25, -0.2) is 4.79 Å². The van der Waals surface area contributed by atoms with Crippen LogP contribution in [0.5, 0.6) is 0 Å². The van der Waals surface area contributed by atoms with E-state index in [2.05, 4.69) is 60.0 Å². The third-order valence-electron chi connectivity index (χ3n) is 5.60. The molecule has 1 fully saturated rings.